The summed E-state index contributed by atoms with van der Waals surface area (Å²) in [5.74, 6) is 1.24. The molecule has 2 aromatic rings. The molecule has 4 nitrogen and oxygen atoms in total. The van der Waals surface area contributed by atoms with Gasteiger partial charge in [-0.05, 0) is 32.0 Å². The minimum Gasteiger partial charge on any atom is -0.497 e. The van der Waals surface area contributed by atoms with E-state index in [1.807, 2.05) is 25.1 Å². The molecule has 0 unspecified atom stereocenters. The van der Waals surface area contributed by atoms with E-state index < -0.39 is 0 Å². The molecule has 0 amide bonds. The van der Waals surface area contributed by atoms with Gasteiger partial charge in [0.15, 0.2) is 5.78 Å². The lowest BCUT2D eigenvalue weighted by atomic mass is 10.1. The Labute approximate surface area is 132 Å². The summed E-state index contributed by atoms with van der Waals surface area (Å²) in [4.78, 5) is 16.0. The number of ether oxygens (including phenoxy) is 2. The first-order valence-electron chi connectivity index (χ1n) is 6.44. The van der Waals surface area contributed by atoms with Gasteiger partial charge >= 0.3 is 0 Å². The normalized spacial score (nSPS) is 10.3. The number of methoxy groups -OCH3 is 1. The minimum absolute atomic E-state index is 0.0349. The number of carbonyl (C=O) groups excluding carboxylic acids is 1. The van der Waals surface area contributed by atoms with Crippen LogP contribution >= 0.6 is 15.9 Å². The molecule has 0 aliphatic rings. The van der Waals surface area contributed by atoms with Crippen molar-refractivity contribution >= 4 is 21.7 Å². The van der Waals surface area contributed by atoms with Crippen molar-refractivity contribution in [1.82, 2.24) is 4.98 Å². The summed E-state index contributed by atoms with van der Waals surface area (Å²) in [7, 11) is 1.61. The maximum atomic E-state index is 11.6. The third-order valence-corrected chi connectivity index (χ3v) is 3.41. The highest BCUT2D eigenvalue weighted by atomic mass is 79.9. The SMILES string of the molecule is COc1cc(C)nc(COc2cc(Br)ccc2C(C)=O)c1. The first kappa shape index (κ1) is 15.5. The Morgan fingerprint density at radius 1 is 1.29 bits per heavy atom. The van der Waals surface area contributed by atoms with Gasteiger partial charge in [-0.2, -0.15) is 0 Å². The molecule has 0 fully saturated rings. The second kappa shape index (κ2) is 6.72. The molecule has 0 atom stereocenters. The van der Waals surface area contributed by atoms with E-state index in [4.69, 9.17) is 9.47 Å². The van der Waals surface area contributed by atoms with Crippen LogP contribution in [0, 0.1) is 6.92 Å². The van der Waals surface area contributed by atoms with Crippen LogP contribution in [-0.4, -0.2) is 17.9 Å². The zero-order valence-corrected chi connectivity index (χ0v) is 13.7. The highest BCUT2D eigenvalue weighted by molar-refractivity contribution is 9.10. The van der Waals surface area contributed by atoms with Gasteiger partial charge in [-0.3, -0.25) is 9.78 Å². The topological polar surface area (TPSA) is 48.4 Å². The van der Waals surface area contributed by atoms with Crippen LogP contribution in [0.5, 0.6) is 11.5 Å². The number of rotatable bonds is 5. The van der Waals surface area contributed by atoms with Gasteiger partial charge in [-0.15, -0.1) is 0 Å². The van der Waals surface area contributed by atoms with Crippen LogP contribution in [0.15, 0.2) is 34.8 Å². The molecule has 2 rings (SSSR count). The predicted octanol–water partition coefficient (Wildman–Crippen LogP) is 3.94. The van der Waals surface area contributed by atoms with Crippen LogP contribution in [-0.2, 0) is 6.61 Å². The van der Waals surface area contributed by atoms with Gasteiger partial charge in [0.2, 0.25) is 0 Å². The molecule has 110 valence electrons. The van der Waals surface area contributed by atoms with E-state index in [1.165, 1.54) is 6.92 Å². The second-order valence-corrected chi connectivity index (χ2v) is 5.54. The fourth-order valence-corrected chi connectivity index (χ4v) is 2.29. The molecule has 5 heteroatoms. The number of aromatic nitrogens is 1. The summed E-state index contributed by atoms with van der Waals surface area (Å²) >= 11 is 3.38. The maximum absolute atomic E-state index is 11.6. The molecule has 0 saturated heterocycles. The second-order valence-electron chi connectivity index (χ2n) is 4.63. The predicted molar refractivity (Wildman–Crippen MR) is 84.0 cm³/mol. The van der Waals surface area contributed by atoms with Gasteiger partial charge in [-0.1, -0.05) is 15.9 Å². The summed E-state index contributed by atoms with van der Waals surface area (Å²) in [6, 6.07) is 9.01. The number of pyridine rings is 1. The fraction of sp³-hybridized carbons (Fsp3) is 0.250. The van der Waals surface area contributed by atoms with Crippen molar-refractivity contribution in [2.45, 2.75) is 20.5 Å². The molecule has 1 aromatic carbocycles. The van der Waals surface area contributed by atoms with Crippen LogP contribution < -0.4 is 9.47 Å². The Hall–Kier alpha value is -1.88. The lowest BCUT2D eigenvalue weighted by Gasteiger charge is -2.11. The van der Waals surface area contributed by atoms with Gasteiger partial charge in [-0.25, -0.2) is 0 Å². The molecule has 0 N–H and O–H groups in total. The third-order valence-electron chi connectivity index (χ3n) is 2.91. The summed E-state index contributed by atoms with van der Waals surface area (Å²) in [6.45, 7) is 3.69. The molecule has 0 bridgehead atoms. The van der Waals surface area contributed by atoms with Crippen LogP contribution in [0.2, 0.25) is 0 Å². The number of ketones is 1. The number of halogens is 1. The standard InChI is InChI=1S/C16H16BrNO3/c1-10-6-14(20-3)8-13(18-10)9-21-16-7-12(17)4-5-15(16)11(2)19/h4-8H,9H2,1-3H3. The van der Waals surface area contributed by atoms with Crippen molar-refractivity contribution in [3.63, 3.8) is 0 Å². The summed E-state index contributed by atoms with van der Waals surface area (Å²) in [6.07, 6.45) is 0. The van der Waals surface area contributed by atoms with Crippen LogP contribution in [0.1, 0.15) is 28.7 Å². The van der Waals surface area contributed by atoms with Crippen LogP contribution in [0.25, 0.3) is 0 Å². The van der Waals surface area contributed by atoms with Crippen molar-refractivity contribution in [3.8, 4) is 11.5 Å². The van der Waals surface area contributed by atoms with E-state index in [9.17, 15) is 4.79 Å². The van der Waals surface area contributed by atoms with E-state index >= 15 is 0 Å². The molecule has 1 aromatic heterocycles. The molecule has 0 aliphatic heterocycles. The molecule has 0 aliphatic carbocycles. The fourth-order valence-electron chi connectivity index (χ4n) is 1.95. The molecule has 1 heterocycles. The maximum Gasteiger partial charge on any atom is 0.163 e. The number of carbonyl (C=O) groups is 1. The summed E-state index contributed by atoms with van der Waals surface area (Å²) < 4.78 is 11.8. The average Bonchev–Trinajstić information content (AvgIpc) is 2.44. The van der Waals surface area contributed by atoms with Gasteiger partial charge in [0, 0.05) is 22.3 Å². The molecular weight excluding hydrogens is 334 g/mol. The quantitative estimate of drug-likeness (QED) is 0.767. The van der Waals surface area contributed by atoms with Crippen LogP contribution in [0.4, 0.5) is 0 Å². The zero-order valence-electron chi connectivity index (χ0n) is 12.1. The van der Waals surface area contributed by atoms with Crippen molar-refractivity contribution < 1.29 is 14.3 Å². The lowest BCUT2D eigenvalue weighted by Crippen LogP contribution is -2.04. The number of aryl methyl sites for hydroxylation is 1. The van der Waals surface area contributed by atoms with E-state index in [0.717, 1.165) is 21.6 Å². The largest absolute Gasteiger partial charge is 0.497 e. The molecule has 21 heavy (non-hydrogen) atoms. The Morgan fingerprint density at radius 2 is 2.05 bits per heavy atom. The first-order chi connectivity index (χ1) is 9.99. The Bertz CT molecular complexity index is 671. The van der Waals surface area contributed by atoms with Crippen molar-refractivity contribution in [3.05, 3.63) is 51.8 Å². The van der Waals surface area contributed by atoms with Gasteiger partial charge in [0.05, 0.1) is 18.4 Å². The van der Waals surface area contributed by atoms with Crippen LogP contribution in [0.3, 0.4) is 0 Å². The Morgan fingerprint density at radius 3 is 2.71 bits per heavy atom. The van der Waals surface area contributed by atoms with Gasteiger partial charge in [0.25, 0.3) is 0 Å². The van der Waals surface area contributed by atoms with Gasteiger partial charge < -0.3 is 9.47 Å². The average molecular weight is 350 g/mol. The van der Waals surface area contributed by atoms with E-state index in [0.29, 0.717) is 11.3 Å². The summed E-state index contributed by atoms with van der Waals surface area (Å²) in [5, 5.41) is 0. The van der Waals surface area contributed by atoms with Gasteiger partial charge in [0.1, 0.15) is 18.1 Å². The molecule has 0 saturated carbocycles. The summed E-state index contributed by atoms with van der Waals surface area (Å²) in [5.41, 5.74) is 2.16. The van der Waals surface area contributed by atoms with E-state index in [2.05, 4.69) is 20.9 Å². The molecular formula is C16H16BrNO3. The number of hydrogen-bond donors (Lipinski definition) is 0. The van der Waals surface area contributed by atoms with Crippen molar-refractivity contribution in [1.29, 1.82) is 0 Å². The van der Waals surface area contributed by atoms with E-state index in [-0.39, 0.29) is 12.4 Å². The van der Waals surface area contributed by atoms with Crippen molar-refractivity contribution in [2.75, 3.05) is 7.11 Å². The monoisotopic (exact) mass is 349 g/mol. The number of Topliss-reactive ketones (excluding diaryl/α,β-unsaturated/α-hetero) is 1. The Kier molecular flexibility index (Phi) is 4.96. The third kappa shape index (κ3) is 4.04. The smallest absolute Gasteiger partial charge is 0.163 e. The van der Waals surface area contributed by atoms with E-state index in [1.54, 1.807) is 19.2 Å². The highest BCUT2D eigenvalue weighted by Gasteiger charge is 2.10. The molecule has 0 spiro atoms. The highest BCUT2D eigenvalue weighted by Crippen LogP contribution is 2.25. The molecule has 0 radical (unpaired) electrons. The first-order valence-corrected chi connectivity index (χ1v) is 7.23. The minimum atomic E-state index is -0.0349. The number of nitrogens with zero attached hydrogens (tertiary/aromatic N) is 1. The lowest BCUT2D eigenvalue weighted by molar-refractivity contribution is 0.101. The van der Waals surface area contributed by atoms with Crippen molar-refractivity contribution in [2.24, 2.45) is 0 Å². The Balaban J connectivity index is 2.22. The zero-order chi connectivity index (χ0) is 15.4. The number of benzene rings is 1. The number of hydrogen-bond acceptors (Lipinski definition) is 4.